The van der Waals surface area contributed by atoms with Crippen LogP contribution in [0.1, 0.15) is 10.4 Å². The summed E-state index contributed by atoms with van der Waals surface area (Å²) in [5, 5.41) is 6.14. The number of amides is 1. The molecule has 28 heavy (non-hydrogen) atoms. The molecular weight excluding hydrogens is 395 g/mol. The average molecular weight is 409 g/mol. The molecule has 3 aromatic carbocycles. The first-order valence-electron chi connectivity index (χ1n) is 8.48. The summed E-state index contributed by atoms with van der Waals surface area (Å²) in [5.74, 6) is -1.05. The van der Waals surface area contributed by atoms with E-state index in [0.29, 0.717) is 10.7 Å². The zero-order valence-electron chi connectivity index (χ0n) is 14.5. The minimum atomic E-state index is -0.556. The minimum Gasteiger partial charge on any atom is -0.322 e. The number of aromatic nitrogens is 1. The second-order valence-electron chi connectivity index (χ2n) is 6.03. The molecule has 1 N–H and O–H groups in total. The first-order chi connectivity index (χ1) is 13.6. The molecule has 0 spiro atoms. The van der Waals surface area contributed by atoms with Crippen molar-refractivity contribution in [1.29, 1.82) is 0 Å². The van der Waals surface area contributed by atoms with Crippen LogP contribution in [-0.2, 0) is 0 Å². The normalized spacial score (nSPS) is 10.6. The molecular formula is C22H14ClFN2OS. The van der Waals surface area contributed by atoms with Crippen LogP contribution in [0.4, 0.5) is 10.1 Å². The third kappa shape index (κ3) is 3.81. The van der Waals surface area contributed by atoms with Crippen molar-refractivity contribution in [3.63, 3.8) is 0 Å². The van der Waals surface area contributed by atoms with E-state index in [1.165, 1.54) is 23.5 Å². The molecule has 138 valence electrons. The van der Waals surface area contributed by atoms with Crippen molar-refractivity contribution in [1.82, 2.24) is 4.98 Å². The van der Waals surface area contributed by atoms with Crippen LogP contribution in [0.2, 0.25) is 5.02 Å². The smallest absolute Gasteiger partial charge is 0.258 e. The third-order valence-electron chi connectivity index (χ3n) is 4.14. The van der Waals surface area contributed by atoms with Gasteiger partial charge in [-0.15, -0.1) is 11.3 Å². The molecule has 1 heterocycles. The lowest BCUT2D eigenvalue weighted by Gasteiger charge is -2.07. The number of hydrogen-bond donors (Lipinski definition) is 1. The molecule has 0 saturated carbocycles. The van der Waals surface area contributed by atoms with E-state index in [4.69, 9.17) is 11.6 Å². The fourth-order valence-corrected chi connectivity index (χ4v) is 3.91. The van der Waals surface area contributed by atoms with Crippen molar-refractivity contribution in [2.75, 3.05) is 5.32 Å². The Bertz CT molecular complexity index is 1160. The fraction of sp³-hybridized carbons (Fsp3) is 0. The first kappa shape index (κ1) is 18.3. The number of carbonyl (C=O) groups is 1. The third-order valence-corrected chi connectivity index (χ3v) is 5.35. The Morgan fingerprint density at radius 1 is 1.00 bits per heavy atom. The molecule has 1 aromatic heterocycles. The monoisotopic (exact) mass is 408 g/mol. The van der Waals surface area contributed by atoms with Crippen molar-refractivity contribution in [3.05, 3.63) is 94.6 Å². The zero-order chi connectivity index (χ0) is 19.5. The van der Waals surface area contributed by atoms with Crippen LogP contribution in [0.15, 0.2) is 78.2 Å². The summed E-state index contributed by atoms with van der Waals surface area (Å²) in [6, 6.07) is 20.7. The van der Waals surface area contributed by atoms with E-state index in [1.54, 1.807) is 18.2 Å². The highest BCUT2D eigenvalue weighted by molar-refractivity contribution is 7.13. The van der Waals surface area contributed by atoms with Gasteiger partial charge in [-0.05, 0) is 30.3 Å². The molecule has 0 aliphatic carbocycles. The summed E-state index contributed by atoms with van der Waals surface area (Å²) < 4.78 is 13.8. The number of halogens is 2. The van der Waals surface area contributed by atoms with Gasteiger partial charge in [0.1, 0.15) is 10.8 Å². The largest absolute Gasteiger partial charge is 0.322 e. The van der Waals surface area contributed by atoms with E-state index in [-0.39, 0.29) is 5.56 Å². The van der Waals surface area contributed by atoms with E-state index in [2.05, 4.69) is 10.3 Å². The lowest BCUT2D eigenvalue weighted by molar-refractivity contribution is 0.102. The van der Waals surface area contributed by atoms with Crippen LogP contribution < -0.4 is 5.32 Å². The summed E-state index contributed by atoms with van der Waals surface area (Å²) >= 11 is 7.75. The maximum absolute atomic E-state index is 13.8. The standard InChI is InChI=1S/C22H14ClFN2OS/c23-18-10-3-1-8-16(18)22-26-20(13-28-22)14-6-5-7-15(12-14)25-21(27)17-9-2-4-11-19(17)24/h1-13H,(H,25,27). The maximum Gasteiger partial charge on any atom is 0.258 e. The Morgan fingerprint density at radius 3 is 2.61 bits per heavy atom. The fourth-order valence-electron chi connectivity index (χ4n) is 2.76. The number of benzene rings is 3. The Labute approximate surface area is 170 Å². The van der Waals surface area contributed by atoms with Gasteiger partial charge < -0.3 is 5.32 Å². The Kier molecular flexibility index (Phi) is 5.19. The topological polar surface area (TPSA) is 42.0 Å². The number of hydrogen-bond acceptors (Lipinski definition) is 3. The molecule has 6 heteroatoms. The summed E-state index contributed by atoms with van der Waals surface area (Å²) in [6.45, 7) is 0. The summed E-state index contributed by atoms with van der Waals surface area (Å²) in [5.41, 5.74) is 3.08. The van der Waals surface area contributed by atoms with Gasteiger partial charge in [0, 0.05) is 22.2 Å². The van der Waals surface area contributed by atoms with Gasteiger partial charge in [-0.25, -0.2) is 9.37 Å². The Morgan fingerprint density at radius 2 is 1.79 bits per heavy atom. The zero-order valence-corrected chi connectivity index (χ0v) is 16.1. The Hall–Kier alpha value is -3.02. The Balaban J connectivity index is 1.59. The molecule has 0 fully saturated rings. The molecule has 0 aliphatic rings. The highest BCUT2D eigenvalue weighted by Crippen LogP contribution is 2.33. The van der Waals surface area contributed by atoms with Crippen LogP contribution in [0.25, 0.3) is 21.8 Å². The van der Waals surface area contributed by atoms with Gasteiger partial charge in [0.15, 0.2) is 0 Å². The molecule has 4 rings (SSSR count). The maximum atomic E-state index is 13.8. The average Bonchev–Trinajstić information content (AvgIpc) is 3.19. The number of rotatable bonds is 4. The number of nitrogens with one attached hydrogen (secondary N) is 1. The second kappa shape index (κ2) is 7.92. The summed E-state index contributed by atoms with van der Waals surface area (Å²) in [4.78, 5) is 17.0. The first-order valence-corrected chi connectivity index (χ1v) is 9.74. The quantitative estimate of drug-likeness (QED) is 0.417. The number of nitrogens with zero attached hydrogens (tertiary/aromatic N) is 1. The van der Waals surface area contributed by atoms with Gasteiger partial charge in [-0.3, -0.25) is 4.79 Å². The molecule has 1 amide bonds. The van der Waals surface area contributed by atoms with Crippen LogP contribution in [0.3, 0.4) is 0 Å². The van der Waals surface area contributed by atoms with Gasteiger partial charge in [-0.2, -0.15) is 0 Å². The lowest BCUT2D eigenvalue weighted by atomic mass is 10.1. The molecule has 3 nitrogen and oxygen atoms in total. The highest BCUT2D eigenvalue weighted by Gasteiger charge is 2.13. The van der Waals surface area contributed by atoms with E-state index >= 15 is 0 Å². The van der Waals surface area contributed by atoms with Crippen molar-refractivity contribution >= 4 is 34.5 Å². The second-order valence-corrected chi connectivity index (χ2v) is 7.30. The van der Waals surface area contributed by atoms with Gasteiger partial charge in [0.25, 0.3) is 5.91 Å². The number of thiazole rings is 1. The van der Waals surface area contributed by atoms with Crippen LogP contribution >= 0.6 is 22.9 Å². The van der Waals surface area contributed by atoms with Crippen molar-refractivity contribution < 1.29 is 9.18 Å². The van der Waals surface area contributed by atoms with Crippen LogP contribution in [-0.4, -0.2) is 10.9 Å². The molecule has 0 aliphatic heterocycles. The van der Waals surface area contributed by atoms with E-state index < -0.39 is 11.7 Å². The van der Waals surface area contributed by atoms with Gasteiger partial charge in [-0.1, -0.05) is 54.1 Å². The molecule has 4 aromatic rings. The van der Waals surface area contributed by atoms with E-state index in [0.717, 1.165) is 21.8 Å². The van der Waals surface area contributed by atoms with E-state index in [9.17, 15) is 9.18 Å². The summed E-state index contributed by atoms with van der Waals surface area (Å²) in [7, 11) is 0. The molecule has 0 bridgehead atoms. The van der Waals surface area contributed by atoms with Gasteiger partial charge >= 0.3 is 0 Å². The molecule has 0 radical (unpaired) electrons. The predicted molar refractivity (Wildman–Crippen MR) is 112 cm³/mol. The van der Waals surface area contributed by atoms with E-state index in [1.807, 2.05) is 47.8 Å². The predicted octanol–water partition coefficient (Wildman–Crippen LogP) is 6.52. The van der Waals surface area contributed by atoms with Crippen molar-refractivity contribution in [2.45, 2.75) is 0 Å². The lowest BCUT2D eigenvalue weighted by Crippen LogP contribution is -2.13. The van der Waals surface area contributed by atoms with Crippen LogP contribution in [0.5, 0.6) is 0 Å². The SMILES string of the molecule is O=C(Nc1cccc(-c2csc(-c3ccccc3Cl)n2)c1)c1ccccc1F. The molecule has 0 saturated heterocycles. The highest BCUT2D eigenvalue weighted by atomic mass is 35.5. The van der Waals surface area contributed by atoms with Crippen LogP contribution in [0, 0.1) is 5.82 Å². The van der Waals surface area contributed by atoms with Gasteiger partial charge in [0.05, 0.1) is 16.3 Å². The summed E-state index contributed by atoms with van der Waals surface area (Å²) in [6.07, 6.45) is 0. The minimum absolute atomic E-state index is 0.00238. The van der Waals surface area contributed by atoms with Gasteiger partial charge in [0.2, 0.25) is 0 Å². The van der Waals surface area contributed by atoms with Crippen molar-refractivity contribution in [2.24, 2.45) is 0 Å². The number of carbonyl (C=O) groups excluding carboxylic acids is 1. The number of anilines is 1. The molecule has 0 atom stereocenters. The van der Waals surface area contributed by atoms with Crippen molar-refractivity contribution in [3.8, 4) is 21.8 Å². The molecule has 0 unspecified atom stereocenters.